The predicted molar refractivity (Wildman–Crippen MR) is 115 cm³/mol. The van der Waals surface area contributed by atoms with Crippen LogP contribution in [-0.2, 0) is 20.7 Å². The van der Waals surface area contributed by atoms with Crippen molar-refractivity contribution in [2.24, 2.45) is 5.92 Å². The molecule has 3 aromatic rings. The minimum Gasteiger partial charge on any atom is -0.456 e. The molecule has 0 radical (unpaired) electrons. The molecule has 6 heteroatoms. The van der Waals surface area contributed by atoms with Crippen molar-refractivity contribution in [2.45, 2.75) is 33.2 Å². The first-order valence-corrected chi connectivity index (χ1v) is 9.97. The summed E-state index contributed by atoms with van der Waals surface area (Å²) in [5, 5.41) is 3.53. The van der Waals surface area contributed by atoms with E-state index in [1.165, 1.54) is 0 Å². The SMILES string of the molecule is Cc1[nH]c2ccccc2c1C(=O)COC(=O)[C@@H](NC(=O)Cc1ccccc1)C(C)C. The van der Waals surface area contributed by atoms with E-state index in [0.717, 1.165) is 22.2 Å². The number of aromatic amines is 1. The minimum atomic E-state index is -0.821. The summed E-state index contributed by atoms with van der Waals surface area (Å²) in [6, 6.07) is 16.0. The number of nitrogens with one attached hydrogen (secondary N) is 2. The fourth-order valence-electron chi connectivity index (χ4n) is 3.44. The van der Waals surface area contributed by atoms with Crippen molar-refractivity contribution in [1.29, 1.82) is 0 Å². The van der Waals surface area contributed by atoms with Gasteiger partial charge in [0.25, 0.3) is 0 Å². The Morgan fingerprint density at radius 3 is 2.37 bits per heavy atom. The molecule has 1 heterocycles. The zero-order valence-electron chi connectivity index (χ0n) is 17.4. The summed E-state index contributed by atoms with van der Waals surface area (Å²) < 4.78 is 5.29. The number of amides is 1. The van der Waals surface area contributed by atoms with E-state index < -0.39 is 12.0 Å². The molecule has 0 saturated heterocycles. The lowest BCUT2D eigenvalue weighted by atomic mass is 10.0. The van der Waals surface area contributed by atoms with Crippen LogP contribution in [0.1, 0.15) is 35.5 Å². The molecule has 1 atom stereocenters. The average Bonchev–Trinajstić information content (AvgIpc) is 3.06. The number of ketones is 1. The molecule has 30 heavy (non-hydrogen) atoms. The van der Waals surface area contributed by atoms with Gasteiger partial charge in [0.1, 0.15) is 6.04 Å². The number of rotatable bonds is 8. The average molecular weight is 406 g/mol. The molecule has 2 aromatic carbocycles. The number of benzene rings is 2. The summed E-state index contributed by atoms with van der Waals surface area (Å²) in [5.41, 5.74) is 2.97. The van der Waals surface area contributed by atoms with Crippen LogP contribution in [-0.4, -0.2) is 35.3 Å². The monoisotopic (exact) mass is 406 g/mol. The Bertz CT molecular complexity index is 1050. The number of hydrogen-bond donors (Lipinski definition) is 2. The Hall–Kier alpha value is -3.41. The highest BCUT2D eigenvalue weighted by Crippen LogP contribution is 2.22. The van der Waals surface area contributed by atoms with E-state index in [4.69, 9.17) is 4.74 Å². The van der Waals surface area contributed by atoms with Gasteiger partial charge in [0.2, 0.25) is 11.7 Å². The topological polar surface area (TPSA) is 88.3 Å². The first kappa shape index (κ1) is 21.3. The van der Waals surface area contributed by atoms with Crippen LogP contribution in [0.4, 0.5) is 0 Å². The lowest BCUT2D eigenvalue weighted by Gasteiger charge is -2.20. The third kappa shape index (κ3) is 4.95. The number of fused-ring (bicyclic) bond motifs is 1. The number of carbonyl (C=O) groups excluding carboxylic acids is 3. The third-order valence-electron chi connectivity index (χ3n) is 4.96. The van der Waals surface area contributed by atoms with E-state index in [2.05, 4.69) is 10.3 Å². The van der Waals surface area contributed by atoms with E-state index in [1.807, 2.05) is 75.4 Å². The smallest absolute Gasteiger partial charge is 0.329 e. The van der Waals surface area contributed by atoms with Gasteiger partial charge in [0.15, 0.2) is 6.61 Å². The van der Waals surface area contributed by atoms with Gasteiger partial charge in [-0.1, -0.05) is 62.4 Å². The van der Waals surface area contributed by atoms with Crippen molar-refractivity contribution >= 4 is 28.6 Å². The summed E-state index contributed by atoms with van der Waals surface area (Å²) in [6.45, 7) is 5.08. The van der Waals surface area contributed by atoms with Crippen LogP contribution in [0.2, 0.25) is 0 Å². The van der Waals surface area contributed by atoms with E-state index in [9.17, 15) is 14.4 Å². The van der Waals surface area contributed by atoms with Gasteiger partial charge in [-0.15, -0.1) is 0 Å². The van der Waals surface area contributed by atoms with Gasteiger partial charge in [0.05, 0.1) is 6.42 Å². The zero-order chi connectivity index (χ0) is 21.7. The van der Waals surface area contributed by atoms with Crippen LogP contribution in [0, 0.1) is 12.8 Å². The fraction of sp³-hybridized carbons (Fsp3) is 0.292. The highest BCUT2D eigenvalue weighted by molar-refractivity contribution is 6.10. The van der Waals surface area contributed by atoms with Crippen LogP contribution in [0.3, 0.4) is 0 Å². The maximum atomic E-state index is 12.7. The molecule has 0 aliphatic rings. The molecule has 156 valence electrons. The first-order valence-electron chi connectivity index (χ1n) is 9.97. The summed E-state index contributed by atoms with van der Waals surface area (Å²) in [4.78, 5) is 40.8. The fourth-order valence-corrected chi connectivity index (χ4v) is 3.44. The van der Waals surface area contributed by atoms with Gasteiger partial charge in [-0.25, -0.2) is 4.79 Å². The Labute approximate surface area is 175 Å². The number of carbonyl (C=O) groups is 3. The second kappa shape index (κ2) is 9.39. The van der Waals surface area contributed by atoms with E-state index in [1.54, 1.807) is 0 Å². The molecule has 0 aliphatic heterocycles. The molecule has 3 rings (SSSR count). The molecule has 0 bridgehead atoms. The van der Waals surface area contributed by atoms with Crippen molar-refractivity contribution in [1.82, 2.24) is 10.3 Å². The number of aromatic nitrogens is 1. The maximum Gasteiger partial charge on any atom is 0.329 e. The van der Waals surface area contributed by atoms with Gasteiger partial charge in [-0.3, -0.25) is 9.59 Å². The van der Waals surface area contributed by atoms with Crippen molar-refractivity contribution < 1.29 is 19.1 Å². The summed E-state index contributed by atoms with van der Waals surface area (Å²) in [5.74, 6) is -1.34. The van der Waals surface area contributed by atoms with Crippen LogP contribution < -0.4 is 5.32 Å². The molecule has 0 spiro atoms. The first-order chi connectivity index (χ1) is 14.4. The lowest BCUT2D eigenvalue weighted by molar-refractivity contribution is -0.148. The van der Waals surface area contributed by atoms with Crippen molar-refractivity contribution in [2.75, 3.05) is 6.61 Å². The standard InChI is InChI=1S/C24H26N2O4/c1-15(2)23(26-21(28)13-17-9-5-4-6-10-17)24(29)30-14-20(27)22-16(3)25-19-12-8-7-11-18(19)22/h4-12,15,23,25H,13-14H2,1-3H3,(H,26,28)/t23-/m0/s1. The number of H-pyrrole nitrogens is 1. The molecular formula is C24H26N2O4. The Kier molecular flexibility index (Phi) is 6.67. The number of hydrogen-bond acceptors (Lipinski definition) is 4. The predicted octanol–water partition coefficient (Wildman–Crippen LogP) is 3.59. The van der Waals surface area contributed by atoms with Gasteiger partial charge < -0.3 is 15.0 Å². The summed E-state index contributed by atoms with van der Waals surface area (Å²) in [7, 11) is 0. The van der Waals surface area contributed by atoms with Gasteiger partial charge >= 0.3 is 5.97 Å². The number of aryl methyl sites for hydroxylation is 1. The Morgan fingerprint density at radius 1 is 1.00 bits per heavy atom. The minimum absolute atomic E-state index is 0.171. The van der Waals surface area contributed by atoms with Gasteiger partial charge in [-0.05, 0) is 24.5 Å². The molecule has 0 aliphatic carbocycles. The second-order valence-corrected chi connectivity index (χ2v) is 7.65. The molecule has 0 unspecified atom stereocenters. The van der Waals surface area contributed by atoms with Gasteiger partial charge in [0, 0.05) is 22.2 Å². The van der Waals surface area contributed by atoms with E-state index in [-0.39, 0.29) is 30.6 Å². The Morgan fingerprint density at radius 2 is 1.67 bits per heavy atom. The molecular weight excluding hydrogens is 380 g/mol. The molecule has 0 saturated carbocycles. The largest absolute Gasteiger partial charge is 0.456 e. The number of ether oxygens (including phenoxy) is 1. The number of Topliss-reactive ketones (excluding diaryl/α,β-unsaturated/α-hetero) is 1. The van der Waals surface area contributed by atoms with Crippen LogP contribution in [0.25, 0.3) is 10.9 Å². The zero-order valence-corrected chi connectivity index (χ0v) is 17.4. The summed E-state index contributed by atoms with van der Waals surface area (Å²) >= 11 is 0. The molecule has 1 aromatic heterocycles. The molecule has 6 nitrogen and oxygen atoms in total. The van der Waals surface area contributed by atoms with E-state index in [0.29, 0.717) is 5.56 Å². The lowest BCUT2D eigenvalue weighted by Crippen LogP contribution is -2.46. The highest BCUT2D eigenvalue weighted by atomic mass is 16.5. The number of para-hydroxylation sites is 1. The van der Waals surface area contributed by atoms with Crippen molar-refractivity contribution in [3.05, 3.63) is 71.4 Å². The van der Waals surface area contributed by atoms with Gasteiger partial charge in [-0.2, -0.15) is 0 Å². The van der Waals surface area contributed by atoms with Crippen LogP contribution >= 0.6 is 0 Å². The quantitative estimate of drug-likeness (QED) is 0.442. The van der Waals surface area contributed by atoms with Crippen LogP contribution in [0.15, 0.2) is 54.6 Å². The van der Waals surface area contributed by atoms with E-state index >= 15 is 0 Å². The third-order valence-corrected chi connectivity index (χ3v) is 4.96. The summed E-state index contributed by atoms with van der Waals surface area (Å²) in [6.07, 6.45) is 0.171. The highest BCUT2D eigenvalue weighted by Gasteiger charge is 2.27. The van der Waals surface area contributed by atoms with Crippen molar-refractivity contribution in [3.63, 3.8) is 0 Å². The molecule has 2 N–H and O–H groups in total. The normalized spacial score (nSPS) is 12.0. The maximum absolute atomic E-state index is 12.7. The second-order valence-electron chi connectivity index (χ2n) is 7.65. The number of esters is 1. The van der Waals surface area contributed by atoms with Crippen LogP contribution in [0.5, 0.6) is 0 Å². The Balaban J connectivity index is 1.63. The molecule has 1 amide bonds. The molecule has 0 fully saturated rings. The van der Waals surface area contributed by atoms with Crippen molar-refractivity contribution in [3.8, 4) is 0 Å².